The van der Waals surface area contributed by atoms with Crippen LogP contribution in [0.25, 0.3) is 0 Å². The third kappa shape index (κ3) is 3.16. The lowest BCUT2D eigenvalue weighted by Crippen LogP contribution is -2.42. The summed E-state index contributed by atoms with van der Waals surface area (Å²) in [7, 11) is -1.87. The standard InChI is InChI=1S/C16H22N4O3S/c1-12-5-4-8-17-15(12)23-14-6-9-20(10-7-14)24(21,22)16-13(2)11-18-19(16)3/h4-5,8,11,14H,6-7,9-10H2,1-3H3. The Morgan fingerprint density at radius 3 is 2.50 bits per heavy atom. The van der Waals surface area contributed by atoms with E-state index in [2.05, 4.69) is 10.1 Å². The molecule has 1 saturated heterocycles. The van der Waals surface area contributed by atoms with Crippen LogP contribution in [-0.2, 0) is 17.1 Å². The molecule has 1 fully saturated rings. The van der Waals surface area contributed by atoms with Gasteiger partial charge < -0.3 is 4.74 Å². The molecule has 2 aromatic rings. The zero-order chi connectivity index (χ0) is 17.3. The van der Waals surface area contributed by atoms with Gasteiger partial charge in [0.1, 0.15) is 6.10 Å². The molecule has 2 aromatic heterocycles. The summed E-state index contributed by atoms with van der Waals surface area (Å²) in [5.41, 5.74) is 1.65. The third-order valence-electron chi connectivity index (χ3n) is 4.28. The second kappa shape index (κ2) is 6.52. The number of ether oxygens (including phenoxy) is 1. The van der Waals surface area contributed by atoms with Crippen molar-refractivity contribution in [2.45, 2.75) is 37.8 Å². The SMILES string of the molecule is Cc1cccnc1OC1CCN(S(=O)(=O)c2c(C)cnn2C)CC1. The first-order chi connectivity index (χ1) is 11.4. The van der Waals surface area contributed by atoms with E-state index in [1.54, 1.807) is 26.4 Å². The maximum Gasteiger partial charge on any atom is 0.260 e. The summed E-state index contributed by atoms with van der Waals surface area (Å²) >= 11 is 0. The Morgan fingerprint density at radius 1 is 1.21 bits per heavy atom. The highest BCUT2D eigenvalue weighted by molar-refractivity contribution is 7.89. The van der Waals surface area contributed by atoms with Gasteiger partial charge in [-0.1, -0.05) is 6.07 Å². The van der Waals surface area contributed by atoms with E-state index in [9.17, 15) is 8.42 Å². The molecule has 0 N–H and O–H groups in total. The average Bonchev–Trinajstić information content (AvgIpc) is 2.89. The maximum atomic E-state index is 12.8. The Kier molecular flexibility index (Phi) is 4.60. The highest BCUT2D eigenvalue weighted by Gasteiger charge is 2.33. The normalized spacial score (nSPS) is 17.1. The summed E-state index contributed by atoms with van der Waals surface area (Å²) in [6.45, 7) is 4.58. The van der Waals surface area contributed by atoms with Crippen LogP contribution in [0.5, 0.6) is 5.88 Å². The van der Waals surface area contributed by atoms with Gasteiger partial charge in [0, 0.05) is 37.5 Å². The molecule has 0 saturated carbocycles. The van der Waals surface area contributed by atoms with Crippen molar-refractivity contribution in [1.82, 2.24) is 19.1 Å². The van der Waals surface area contributed by atoms with Gasteiger partial charge in [-0.3, -0.25) is 4.68 Å². The molecule has 8 heteroatoms. The Labute approximate surface area is 142 Å². The number of nitrogens with zero attached hydrogens (tertiary/aromatic N) is 4. The van der Waals surface area contributed by atoms with Crippen molar-refractivity contribution in [3.05, 3.63) is 35.7 Å². The number of rotatable bonds is 4. The van der Waals surface area contributed by atoms with E-state index in [1.165, 1.54) is 8.99 Å². The highest BCUT2D eigenvalue weighted by atomic mass is 32.2. The van der Waals surface area contributed by atoms with Crippen LogP contribution < -0.4 is 4.74 Å². The first-order valence-electron chi connectivity index (χ1n) is 7.96. The minimum Gasteiger partial charge on any atom is -0.474 e. The van der Waals surface area contributed by atoms with Gasteiger partial charge in [0.2, 0.25) is 5.88 Å². The summed E-state index contributed by atoms with van der Waals surface area (Å²) < 4.78 is 34.5. The zero-order valence-electron chi connectivity index (χ0n) is 14.1. The van der Waals surface area contributed by atoms with Crippen molar-refractivity contribution in [2.24, 2.45) is 7.05 Å². The first-order valence-corrected chi connectivity index (χ1v) is 9.40. The Bertz CT molecular complexity index is 804. The minimum absolute atomic E-state index is 0.0160. The van der Waals surface area contributed by atoms with Crippen LogP contribution in [-0.4, -0.2) is 46.7 Å². The van der Waals surface area contributed by atoms with Gasteiger partial charge in [0.05, 0.1) is 6.20 Å². The van der Waals surface area contributed by atoms with Crippen molar-refractivity contribution >= 4 is 10.0 Å². The number of hydrogen-bond acceptors (Lipinski definition) is 5. The molecular formula is C16H22N4O3S. The van der Waals surface area contributed by atoms with Crippen LogP contribution in [0.4, 0.5) is 0 Å². The zero-order valence-corrected chi connectivity index (χ0v) is 15.0. The summed E-state index contributed by atoms with van der Waals surface area (Å²) in [6, 6.07) is 3.82. The number of sulfonamides is 1. The molecule has 3 rings (SSSR count). The number of aryl methyl sites for hydroxylation is 3. The third-order valence-corrected chi connectivity index (χ3v) is 6.40. The van der Waals surface area contributed by atoms with Crippen molar-refractivity contribution < 1.29 is 13.2 Å². The van der Waals surface area contributed by atoms with Crippen LogP contribution >= 0.6 is 0 Å². The molecule has 0 spiro atoms. The Morgan fingerprint density at radius 2 is 1.92 bits per heavy atom. The topological polar surface area (TPSA) is 77.3 Å². The van der Waals surface area contributed by atoms with Crippen LogP contribution in [0.1, 0.15) is 24.0 Å². The lowest BCUT2D eigenvalue weighted by Gasteiger charge is -2.31. The molecule has 7 nitrogen and oxygen atoms in total. The van der Waals surface area contributed by atoms with Crippen molar-refractivity contribution in [3.8, 4) is 5.88 Å². The van der Waals surface area contributed by atoms with Crippen molar-refractivity contribution in [2.75, 3.05) is 13.1 Å². The van der Waals surface area contributed by atoms with Gasteiger partial charge in [0.15, 0.2) is 5.03 Å². The molecule has 1 aliphatic heterocycles. The predicted molar refractivity (Wildman–Crippen MR) is 89.3 cm³/mol. The van der Waals surface area contributed by atoms with E-state index in [4.69, 9.17) is 4.74 Å². The van der Waals surface area contributed by atoms with E-state index in [0.29, 0.717) is 37.4 Å². The Balaban J connectivity index is 1.68. The molecule has 0 bridgehead atoms. The molecule has 24 heavy (non-hydrogen) atoms. The second-order valence-corrected chi connectivity index (χ2v) is 7.96. The average molecular weight is 350 g/mol. The molecule has 0 aliphatic carbocycles. The molecule has 0 radical (unpaired) electrons. The molecule has 0 aromatic carbocycles. The molecule has 1 aliphatic rings. The molecule has 0 amide bonds. The molecule has 0 unspecified atom stereocenters. The van der Waals surface area contributed by atoms with Crippen LogP contribution in [0, 0.1) is 13.8 Å². The lowest BCUT2D eigenvalue weighted by molar-refractivity contribution is 0.129. The van der Waals surface area contributed by atoms with Gasteiger partial charge in [-0.05, 0) is 32.8 Å². The van der Waals surface area contributed by atoms with Gasteiger partial charge >= 0.3 is 0 Å². The number of piperidine rings is 1. The predicted octanol–water partition coefficient (Wildman–Crippen LogP) is 1.66. The van der Waals surface area contributed by atoms with Crippen LogP contribution in [0.15, 0.2) is 29.6 Å². The maximum absolute atomic E-state index is 12.8. The second-order valence-electron chi connectivity index (χ2n) is 6.10. The summed E-state index contributed by atoms with van der Waals surface area (Å²) in [4.78, 5) is 4.24. The van der Waals surface area contributed by atoms with E-state index < -0.39 is 10.0 Å². The quantitative estimate of drug-likeness (QED) is 0.838. The van der Waals surface area contributed by atoms with Crippen LogP contribution in [0.3, 0.4) is 0 Å². The van der Waals surface area contributed by atoms with E-state index >= 15 is 0 Å². The Hall–Kier alpha value is -1.93. The van der Waals surface area contributed by atoms with Gasteiger partial charge in [0.25, 0.3) is 10.0 Å². The van der Waals surface area contributed by atoms with Crippen LogP contribution in [0.2, 0.25) is 0 Å². The molecule has 3 heterocycles. The largest absolute Gasteiger partial charge is 0.474 e. The molecule has 0 atom stereocenters. The van der Waals surface area contributed by atoms with Crippen molar-refractivity contribution in [1.29, 1.82) is 0 Å². The summed E-state index contributed by atoms with van der Waals surface area (Å²) in [5.74, 6) is 0.626. The van der Waals surface area contributed by atoms with Gasteiger partial charge in [-0.15, -0.1) is 0 Å². The molecular weight excluding hydrogens is 328 g/mol. The minimum atomic E-state index is -3.52. The summed E-state index contributed by atoms with van der Waals surface area (Å²) in [5, 5.41) is 4.30. The highest BCUT2D eigenvalue weighted by Crippen LogP contribution is 2.25. The first kappa shape index (κ1) is 16.9. The lowest BCUT2D eigenvalue weighted by atomic mass is 10.1. The number of aromatic nitrogens is 3. The van der Waals surface area contributed by atoms with E-state index in [0.717, 1.165) is 5.56 Å². The fraction of sp³-hybridized carbons (Fsp3) is 0.500. The van der Waals surface area contributed by atoms with E-state index in [1.807, 2.05) is 19.1 Å². The smallest absolute Gasteiger partial charge is 0.260 e. The fourth-order valence-electron chi connectivity index (χ4n) is 2.97. The van der Waals surface area contributed by atoms with Gasteiger partial charge in [-0.2, -0.15) is 9.40 Å². The van der Waals surface area contributed by atoms with Crippen molar-refractivity contribution in [3.63, 3.8) is 0 Å². The monoisotopic (exact) mass is 350 g/mol. The van der Waals surface area contributed by atoms with Gasteiger partial charge in [-0.25, -0.2) is 13.4 Å². The van der Waals surface area contributed by atoms with E-state index in [-0.39, 0.29) is 11.1 Å². The number of hydrogen-bond donors (Lipinski definition) is 0. The molecule has 130 valence electrons. The number of pyridine rings is 1. The fourth-order valence-corrected chi connectivity index (χ4v) is 4.75. The summed E-state index contributed by atoms with van der Waals surface area (Å²) in [6.07, 6.45) is 4.55.